The van der Waals surface area contributed by atoms with Crippen molar-refractivity contribution >= 4 is 17.4 Å². The standard InChI is InChI=1S/C13H18ClN3/c14-7-10-5-6-17(8-10)13-11-3-1-2-4-12(11)15-9-16-13/h9-10H,1-8H2. The fraction of sp³-hybridized carbons (Fsp3) is 0.692. The second-order valence-electron chi connectivity index (χ2n) is 5.08. The summed E-state index contributed by atoms with van der Waals surface area (Å²) in [5, 5.41) is 0. The minimum atomic E-state index is 0.630. The highest BCUT2D eigenvalue weighted by atomic mass is 35.5. The highest BCUT2D eigenvalue weighted by molar-refractivity contribution is 6.18. The van der Waals surface area contributed by atoms with Crippen molar-refractivity contribution in [3.63, 3.8) is 0 Å². The monoisotopic (exact) mass is 251 g/mol. The molecule has 1 atom stereocenters. The second kappa shape index (κ2) is 4.81. The zero-order valence-electron chi connectivity index (χ0n) is 10.0. The Morgan fingerprint density at radius 2 is 2.18 bits per heavy atom. The van der Waals surface area contributed by atoms with Crippen LogP contribution in [0.2, 0.25) is 0 Å². The van der Waals surface area contributed by atoms with Crippen molar-refractivity contribution in [3.8, 4) is 0 Å². The number of fused-ring (bicyclic) bond motifs is 1. The molecule has 0 bridgehead atoms. The van der Waals surface area contributed by atoms with Crippen molar-refractivity contribution in [1.82, 2.24) is 9.97 Å². The maximum Gasteiger partial charge on any atom is 0.135 e. The zero-order chi connectivity index (χ0) is 11.7. The number of aromatic nitrogens is 2. The van der Waals surface area contributed by atoms with Crippen LogP contribution in [0.5, 0.6) is 0 Å². The Balaban J connectivity index is 1.88. The molecule has 3 nitrogen and oxygen atoms in total. The molecule has 3 rings (SSSR count). The van der Waals surface area contributed by atoms with Crippen LogP contribution in [0, 0.1) is 5.92 Å². The van der Waals surface area contributed by atoms with Gasteiger partial charge in [0.15, 0.2) is 0 Å². The van der Waals surface area contributed by atoms with Crippen LogP contribution in [-0.2, 0) is 12.8 Å². The predicted octanol–water partition coefficient (Wildman–Crippen LogP) is 2.42. The first-order valence-electron chi connectivity index (χ1n) is 6.52. The van der Waals surface area contributed by atoms with Gasteiger partial charge in [0.2, 0.25) is 0 Å². The van der Waals surface area contributed by atoms with Crippen LogP contribution in [0.3, 0.4) is 0 Å². The van der Waals surface area contributed by atoms with Crippen LogP contribution in [0.25, 0.3) is 0 Å². The van der Waals surface area contributed by atoms with E-state index in [9.17, 15) is 0 Å². The molecule has 2 heterocycles. The van der Waals surface area contributed by atoms with E-state index in [1.807, 2.05) is 0 Å². The van der Waals surface area contributed by atoms with Crippen LogP contribution < -0.4 is 4.90 Å². The van der Waals surface area contributed by atoms with Crippen molar-refractivity contribution < 1.29 is 0 Å². The van der Waals surface area contributed by atoms with E-state index in [0.717, 1.165) is 31.8 Å². The molecule has 17 heavy (non-hydrogen) atoms. The molecule has 0 saturated carbocycles. The van der Waals surface area contributed by atoms with E-state index in [1.54, 1.807) is 6.33 Å². The molecule has 1 unspecified atom stereocenters. The Morgan fingerprint density at radius 1 is 1.29 bits per heavy atom. The largest absolute Gasteiger partial charge is 0.356 e. The average Bonchev–Trinajstić information content (AvgIpc) is 2.87. The Bertz CT molecular complexity index is 408. The van der Waals surface area contributed by atoms with E-state index >= 15 is 0 Å². The third kappa shape index (κ3) is 2.13. The van der Waals surface area contributed by atoms with Gasteiger partial charge < -0.3 is 4.90 Å². The number of alkyl halides is 1. The molecule has 1 aliphatic heterocycles. The molecule has 0 N–H and O–H groups in total. The summed E-state index contributed by atoms with van der Waals surface area (Å²) in [7, 11) is 0. The number of hydrogen-bond donors (Lipinski definition) is 0. The molecule has 0 amide bonds. The first kappa shape index (κ1) is 11.3. The van der Waals surface area contributed by atoms with E-state index in [2.05, 4.69) is 14.9 Å². The second-order valence-corrected chi connectivity index (χ2v) is 5.39. The van der Waals surface area contributed by atoms with E-state index in [4.69, 9.17) is 11.6 Å². The molecular weight excluding hydrogens is 234 g/mol. The number of rotatable bonds is 2. The quantitative estimate of drug-likeness (QED) is 0.756. The molecule has 1 saturated heterocycles. The molecule has 92 valence electrons. The first-order valence-corrected chi connectivity index (χ1v) is 7.05. The highest BCUT2D eigenvalue weighted by Crippen LogP contribution is 2.30. The number of anilines is 1. The Hall–Kier alpha value is -0.830. The maximum absolute atomic E-state index is 5.94. The number of aryl methyl sites for hydroxylation is 1. The fourth-order valence-corrected chi connectivity index (χ4v) is 3.18. The van der Waals surface area contributed by atoms with Crippen molar-refractivity contribution in [2.75, 3.05) is 23.9 Å². The van der Waals surface area contributed by atoms with Crippen LogP contribution in [0.15, 0.2) is 6.33 Å². The zero-order valence-corrected chi connectivity index (χ0v) is 10.8. The summed E-state index contributed by atoms with van der Waals surface area (Å²) in [6.45, 7) is 2.16. The lowest BCUT2D eigenvalue weighted by molar-refractivity contribution is 0.652. The molecule has 0 spiro atoms. The Kier molecular flexibility index (Phi) is 3.19. The average molecular weight is 252 g/mol. The van der Waals surface area contributed by atoms with Gasteiger partial charge in [-0.2, -0.15) is 0 Å². The minimum absolute atomic E-state index is 0.630. The fourth-order valence-electron chi connectivity index (χ4n) is 2.93. The summed E-state index contributed by atoms with van der Waals surface area (Å²) in [6.07, 6.45) is 7.74. The van der Waals surface area contributed by atoms with Gasteiger partial charge in [-0.25, -0.2) is 9.97 Å². The molecule has 1 aromatic heterocycles. The van der Waals surface area contributed by atoms with Crippen molar-refractivity contribution in [2.24, 2.45) is 5.92 Å². The van der Waals surface area contributed by atoms with E-state index in [-0.39, 0.29) is 0 Å². The lowest BCUT2D eigenvalue weighted by Gasteiger charge is -2.24. The van der Waals surface area contributed by atoms with E-state index in [0.29, 0.717) is 5.92 Å². The van der Waals surface area contributed by atoms with Gasteiger partial charge in [0.1, 0.15) is 12.1 Å². The normalized spacial score (nSPS) is 23.8. The van der Waals surface area contributed by atoms with Gasteiger partial charge in [-0.1, -0.05) is 0 Å². The van der Waals surface area contributed by atoms with Gasteiger partial charge in [-0.15, -0.1) is 11.6 Å². The van der Waals surface area contributed by atoms with Gasteiger partial charge in [0.05, 0.1) is 0 Å². The molecule has 1 aromatic rings. The van der Waals surface area contributed by atoms with Gasteiger partial charge in [0, 0.05) is 30.2 Å². The molecule has 0 radical (unpaired) electrons. The molecule has 0 aromatic carbocycles. The lowest BCUT2D eigenvalue weighted by atomic mass is 9.96. The van der Waals surface area contributed by atoms with Crippen LogP contribution in [-0.4, -0.2) is 28.9 Å². The van der Waals surface area contributed by atoms with Gasteiger partial charge in [0.25, 0.3) is 0 Å². The van der Waals surface area contributed by atoms with Crippen LogP contribution >= 0.6 is 11.6 Å². The van der Waals surface area contributed by atoms with E-state index < -0.39 is 0 Å². The summed E-state index contributed by atoms with van der Waals surface area (Å²) in [5.41, 5.74) is 2.67. The van der Waals surface area contributed by atoms with Crippen LogP contribution in [0.4, 0.5) is 5.82 Å². The third-order valence-corrected chi connectivity index (χ3v) is 4.34. The molecular formula is C13H18ClN3. The summed E-state index contributed by atoms with van der Waals surface area (Å²) in [6, 6.07) is 0. The van der Waals surface area contributed by atoms with Crippen molar-refractivity contribution in [2.45, 2.75) is 32.1 Å². The number of hydrogen-bond acceptors (Lipinski definition) is 3. The minimum Gasteiger partial charge on any atom is -0.356 e. The van der Waals surface area contributed by atoms with Gasteiger partial charge in [-0.3, -0.25) is 0 Å². The van der Waals surface area contributed by atoms with Gasteiger partial charge in [-0.05, 0) is 38.0 Å². The van der Waals surface area contributed by atoms with Crippen LogP contribution in [0.1, 0.15) is 30.5 Å². The molecule has 2 aliphatic rings. The predicted molar refractivity (Wildman–Crippen MR) is 69.7 cm³/mol. The highest BCUT2D eigenvalue weighted by Gasteiger charge is 2.26. The first-order chi connectivity index (χ1) is 8.38. The van der Waals surface area contributed by atoms with E-state index in [1.165, 1.54) is 36.3 Å². The molecule has 4 heteroatoms. The summed E-state index contributed by atoms with van der Waals surface area (Å²) >= 11 is 5.94. The lowest BCUT2D eigenvalue weighted by Crippen LogP contribution is -2.24. The van der Waals surface area contributed by atoms with Gasteiger partial charge >= 0.3 is 0 Å². The van der Waals surface area contributed by atoms with Crippen molar-refractivity contribution in [1.29, 1.82) is 0 Å². The molecule has 1 fully saturated rings. The summed E-state index contributed by atoms with van der Waals surface area (Å²) < 4.78 is 0. The summed E-state index contributed by atoms with van der Waals surface area (Å²) in [4.78, 5) is 11.3. The van der Waals surface area contributed by atoms with Crippen molar-refractivity contribution in [3.05, 3.63) is 17.6 Å². The smallest absolute Gasteiger partial charge is 0.135 e. The topological polar surface area (TPSA) is 29.0 Å². The third-order valence-electron chi connectivity index (χ3n) is 3.91. The Morgan fingerprint density at radius 3 is 3.00 bits per heavy atom. The number of halogens is 1. The summed E-state index contributed by atoms with van der Waals surface area (Å²) in [5.74, 6) is 2.58. The maximum atomic E-state index is 5.94. The number of nitrogens with zero attached hydrogens (tertiary/aromatic N) is 3. The Labute approximate surface area is 107 Å². The molecule has 1 aliphatic carbocycles. The SMILES string of the molecule is ClCC1CCN(c2ncnc3c2CCCC3)C1.